The van der Waals surface area contributed by atoms with E-state index in [4.69, 9.17) is 21.7 Å². The van der Waals surface area contributed by atoms with Crippen LogP contribution in [-0.2, 0) is 22.3 Å². The van der Waals surface area contributed by atoms with E-state index in [0.717, 1.165) is 24.1 Å². The molecule has 2 amide bonds. The van der Waals surface area contributed by atoms with E-state index in [1.165, 1.54) is 26.4 Å². The van der Waals surface area contributed by atoms with Gasteiger partial charge in [-0.15, -0.1) is 0 Å². The summed E-state index contributed by atoms with van der Waals surface area (Å²) in [5.41, 5.74) is -0.137. The van der Waals surface area contributed by atoms with E-state index in [1.807, 2.05) is 30.3 Å². The van der Waals surface area contributed by atoms with E-state index in [9.17, 15) is 22.8 Å². The first kappa shape index (κ1) is 33.1. The number of thiocarbonyl (C=S) groups is 1. The summed E-state index contributed by atoms with van der Waals surface area (Å²) < 4.78 is 50.8. The van der Waals surface area contributed by atoms with Gasteiger partial charge in [0.1, 0.15) is 17.0 Å². The fourth-order valence-corrected chi connectivity index (χ4v) is 6.49. The Balaban J connectivity index is 1.47. The number of hydrogen-bond donors (Lipinski definition) is 2. The van der Waals surface area contributed by atoms with E-state index in [-0.39, 0.29) is 30.9 Å². The Morgan fingerprint density at radius 1 is 1.00 bits per heavy atom. The predicted molar refractivity (Wildman–Crippen MR) is 172 cm³/mol. The first-order valence-corrected chi connectivity index (χ1v) is 15.6. The topological polar surface area (TPSA) is 83.1 Å². The molecule has 244 valence electrons. The molecule has 2 N–H and O–H groups in total. The number of nitrogens with one attached hydrogen (secondary N) is 2. The standard InChI is InChI=1S/C34H37F3N4O4S/c1-44-26-15-16-27(29(19-26)45-2)38-31(43)33(17-7-4-8-18-33)41(20-23-11-13-25(14-12-23)34(35,36)37)30(42)22-40-21-28(39-32(40)46)24-9-5-3-6-10-24/h3,5-6,9-16,19,28H,4,7-8,17-18,20-22H2,1-2H3,(H,38,43)(H,39,46). The first-order chi connectivity index (χ1) is 22.0. The van der Waals surface area contributed by atoms with Gasteiger partial charge >= 0.3 is 6.18 Å². The zero-order valence-electron chi connectivity index (χ0n) is 25.7. The molecule has 0 radical (unpaired) electrons. The second kappa shape index (κ2) is 14.0. The first-order valence-electron chi connectivity index (χ1n) is 15.1. The average molecular weight is 655 g/mol. The molecule has 1 atom stereocenters. The fourth-order valence-electron chi connectivity index (χ4n) is 6.20. The Morgan fingerprint density at radius 3 is 2.33 bits per heavy atom. The second-order valence-corrected chi connectivity index (χ2v) is 12.0. The van der Waals surface area contributed by atoms with Crippen LogP contribution in [0.15, 0.2) is 72.8 Å². The fraction of sp³-hybridized carbons (Fsp3) is 0.382. The summed E-state index contributed by atoms with van der Waals surface area (Å²) in [5.74, 6) is 0.196. The zero-order chi connectivity index (χ0) is 32.9. The molecule has 3 aromatic rings. The monoisotopic (exact) mass is 654 g/mol. The van der Waals surface area contributed by atoms with E-state index >= 15 is 0 Å². The van der Waals surface area contributed by atoms with Gasteiger partial charge in [0.25, 0.3) is 0 Å². The smallest absolute Gasteiger partial charge is 0.416 e. The van der Waals surface area contributed by atoms with Crippen molar-refractivity contribution in [2.75, 3.05) is 32.6 Å². The minimum atomic E-state index is -4.50. The van der Waals surface area contributed by atoms with Gasteiger partial charge in [0.05, 0.1) is 38.1 Å². The lowest BCUT2D eigenvalue weighted by atomic mass is 9.78. The highest BCUT2D eigenvalue weighted by Gasteiger charge is 2.48. The molecule has 2 fully saturated rings. The van der Waals surface area contributed by atoms with Crippen molar-refractivity contribution in [1.82, 2.24) is 15.1 Å². The minimum Gasteiger partial charge on any atom is -0.497 e. The number of alkyl halides is 3. The maximum Gasteiger partial charge on any atom is 0.416 e. The molecule has 1 saturated heterocycles. The number of carbonyl (C=O) groups is 2. The SMILES string of the molecule is COc1ccc(NC(=O)C2(N(Cc3ccc(C(F)(F)F)cc3)C(=O)CN3CC(c4ccccc4)NC3=S)CCCCC2)c(OC)c1. The highest BCUT2D eigenvalue weighted by molar-refractivity contribution is 7.80. The molecule has 2 aliphatic rings. The van der Waals surface area contributed by atoms with E-state index in [2.05, 4.69) is 10.6 Å². The van der Waals surface area contributed by atoms with Crippen LogP contribution in [0.2, 0.25) is 0 Å². The van der Waals surface area contributed by atoms with Crippen LogP contribution in [0.4, 0.5) is 18.9 Å². The lowest BCUT2D eigenvalue weighted by Crippen LogP contribution is -2.61. The molecule has 46 heavy (non-hydrogen) atoms. The number of carbonyl (C=O) groups excluding carboxylic acids is 2. The summed E-state index contributed by atoms with van der Waals surface area (Å²) in [5, 5.41) is 6.69. The van der Waals surface area contributed by atoms with Gasteiger partial charge in [0.2, 0.25) is 11.8 Å². The lowest BCUT2D eigenvalue weighted by molar-refractivity contribution is -0.149. The molecular formula is C34H37F3N4O4S. The van der Waals surface area contributed by atoms with Gasteiger partial charge in [-0.25, -0.2) is 0 Å². The van der Waals surface area contributed by atoms with Crippen LogP contribution >= 0.6 is 12.2 Å². The Bertz CT molecular complexity index is 1550. The van der Waals surface area contributed by atoms with Gasteiger partial charge in [0.15, 0.2) is 5.11 Å². The zero-order valence-corrected chi connectivity index (χ0v) is 26.5. The number of halogens is 3. The molecule has 1 saturated carbocycles. The van der Waals surface area contributed by atoms with Gasteiger partial charge in [-0.05, 0) is 60.5 Å². The Morgan fingerprint density at radius 2 is 1.70 bits per heavy atom. The quantitative estimate of drug-likeness (QED) is 0.248. The summed E-state index contributed by atoms with van der Waals surface area (Å²) in [6.07, 6.45) is -1.43. The van der Waals surface area contributed by atoms with Crippen LogP contribution < -0.4 is 20.1 Å². The highest BCUT2D eigenvalue weighted by Crippen LogP contribution is 2.39. The van der Waals surface area contributed by atoms with Gasteiger partial charge in [-0.3, -0.25) is 9.59 Å². The number of methoxy groups -OCH3 is 2. The Kier molecular flexibility index (Phi) is 10.0. The van der Waals surface area contributed by atoms with E-state index in [1.54, 1.807) is 28.0 Å². The van der Waals surface area contributed by atoms with Crippen LogP contribution in [0, 0.1) is 0 Å². The number of hydrogen-bond acceptors (Lipinski definition) is 5. The Labute approximate surface area is 271 Å². The van der Waals surface area contributed by atoms with E-state index in [0.29, 0.717) is 60.1 Å². The maximum absolute atomic E-state index is 14.4. The molecule has 12 heteroatoms. The normalized spacial score (nSPS) is 17.6. The molecule has 0 aromatic heterocycles. The van der Waals surface area contributed by atoms with Crippen molar-refractivity contribution in [2.45, 2.75) is 56.4 Å². The molecule has 1 aliphatic carbocycles. The third kappa shape index (κ3) is 7.22. The van der Waals surface area contributed by atoms with Gasteiger partial charge < -0.3 is 29.9 Å². The average Bonchev–Trinajstić information content (AvgIpc) is 3.43. The van der Waals surface area contributed by atoms with Crippen molar-refractivity contribution in [1.29, 1.82) is 0 Å². The molecule has 1 aliphatic heterocycles. The summed E-state index contributed by atoms with van der Waals surface area (Å²) in [7, 11) is 3.01. The van der Waals surface area contributed by atoms with Crippen LogP contribution in [0.3, 0.4) is 0 Å². The number of ether oxygens (including phenoxy) is 2. The van der Waals surface area contributed by atoms with Crippen molar-refractivity contribution in [3.05, 3.63) is 89.5 Å². The van der Waals surface area contributed by atoms with Crippen LogP contribution in [0.25, 0.3) is 0 Å². The van der Waals surface area contributed by atoms with Crippen molar-refractivity contribution < 1.29 is 32.2 Å². The largest absolute Gasteiger partial charge is 0.497 e. The van der Waals surface area contributed by atoms with Crippen molar-refractivity contribution in [3.63, 3.8) is 0 Å². The number of nitrogens with zero attached hydrogens (tertiary/aromatic N) is 2. The third-order valence-electron chi connectivity index (χ3n) is 8.72. The number of benzene rings is 3. The molecule has 8 nitrogen and oxygen atoms in total. The maximum atomic E-state index is 14.4. The van der Waals surface area contributed by atoms with Crippen LogP contribution in [-0.4, -0.2) is 59.6 Å². The van der Waals surface area contributed by atoms with Crippen LogP contribution in [0.5, 0.6) is 11.5 Å². The third-order valence-corrected chi connectivity index (χ3v) is 9.09. The summed E-state index contributed by atoms with van der Waals surface area (Å²) in [4.78, 5) is 32.1. The molecule has 1 heterocycles. The second-order valence-electron chi connectivity index (χ2n) is 11.6. The molecule has 5 rings (SSSR count). The number of anilines is 1. The number of rotatable bonds is 10. The molecule has 0 spiro atoms. The summed E-state index contributed by atoms with van der Waals surface area (Å²) >= 11 is 5.61. The summed E-state index contributed by atoms with van der Waals surface area (Å²) in [6, 6.07) is 19.4. The van der Waals surface area contributed by atoms with Crippen molar-refractivity contribution in [3.8, 4) is 11.5 Å². The van der Waals surface area contributed by atoms with Gasteiger partial charge in [0, 0.05) is 19.2 Å². The lowest BCUT2D eigenvalue weighted by Gasteiger charge is -2.45. The van der Waals surface area contributed by atoms with Crippen LogP contribution in [0.1, 0.15) is 54.8 Å². The predicted octanol–water partition coefficient (Wildman–Crippen LogP) is 6.32. The minimum absolute atomic E-state index is 0.0553. The van der Waals surface area contributed by atoms with Gasteiger partial charge in [-0.1, -0.05) is 61.7 Å². The summed E-state index contributed by atoms with van der Waals surface area (Å²) in [6.45, 7) is 0.294. The Hall–Kier alpha value is -4.32. The highest BCUT2D eigenvalue weighted by atomic mass is 32.1. The molecule has 1 unspecified atom stereocenters. The molecule has 3 aromatic carbocycles. The van der Waals surface area contributed by atoms with Crippen molar-refractivity contribution >= 4 is 34.8 Å². The molecule has 0 bridgehead atoms. The van der Waals surface area contributed by atoms with E-state index < -0.39 is 17.3 Å². The molecular weight excluding hydrogens is 617 g/mol. The number of amides is 2. The van der Waals surface area contributed by atoms with Crippen molar-refractivity contribution in [2.24, 2.45) is 0 Å². The van der Waals surface area contributed by atoms with Gasteiger partial charge in [-0.2, -0.15) is 13.2 Å².